The number of nitrogens with one attached hydrogen (secondary N) is 1. The Morgan fingerprint density at radius 3 is 2.52 bits per heavy atom. The summed E-state index contributed by atoms with van der Waals surface area (Å²) in [6.45, 7) is 1.78. The molecule has 1 heterocycles. The number of carboxylic acid groups (broad SMARTS) is 1. The molecule has 2 aromatic rings. The summed E-state index contributed by atoms with van der Waals surface area (Å²) < 4.78 is 11.9. The van der Waals surface area contributed by atoms with Crippen LogP contribution in [0.2, 0.25) is 0 Å². The van der Waals surface area contributed by atoms with Gasteiger partial charge >= 0.3 is 5.97 Å². The molecule has 1 unspecified atom stereocenters. The number of amides is 1. The van der Waals surface area contributed by atoms with Crippen LogP contribution in [0.3, 0.4) is 0 Å². The molecule has 1 atom stereocenters. The average molecular weight is 347 g/mol. The van der Waals surface area contributed by atoms with E-state index in [0.717, 1.165) is 0 Å². The van der Waals surface area contributed by atoms with Crippen molar-refractivity contribution >= 4 is 11.9 Å². The first kappa shape index (κ1) is 18.3. The third-order valence-corrected chi connectivity index (χ3v) is 3.73. The molecule has 8 heteroatoms. The van der Waals surface area contributed by atoms with Crippen molar-refractivity contribution in [3.8, 4) is 11.5 Å². The van der Waals surface area contributed by atoms with Gasteiger partial charge in [-0.3, -0.25) is 14.3 Å². The number of benzene rings is 1. The lowest BCUT2D eigenvalue weighted by atomic mass is 10.0. The number of hydrogen-bond acceptors (Lipinski definition) is 5. The molecule has 0 aliphatic carbocycles. The summed E-state index contributed by atoms with van der Waals surface area (Å²) in [5.41, 5.74) is 1.60. The van der Waals surface area contributed by atoms with Gasteiger partial charge in [0, 0.05) is 18.7 Å². The van der Waals surface area contributed by atoms with Crippen molar-refractivity contribution in [2.45, 2.75) is 19.4 Å². The molecule has 8 nitrogen and oxygen atoms in total. The minimum absolute atomic E-state index is 0.286. The minimum atomic E-state index is -1.04. The van der Waals surface area contributed by atoms with Crippen LogP contribution in [0.5, 0.6) is 11.5 Å². The Hall–Kier alpha value is -3.03. The fourth-order valence-corrected chi connectivity index (χ4v) is 2.57. The number of methoxy groups -OCH3 is 2. The van der Waals surface area contributed by atoms with Gasteiger partial charge in [-0.25, -0.2) is 0 Å². The van der Waals surface area contributed by atoms with Gasteiger partial charge in [0.05, 0.1) is 32.4 Å². The maximum atomic E-state index is 12.5. The molecule has 134 valence electrons. The van der Waals surface area contributed by atoms with Crippen LogP contribution in [0.15, 0.2) is 24.3 Å². The van der Waals surface area contributed by atoms with E-state index in [4.69, 9.17) is 9.47 Å². The normalized spacial score (nSPS) is 11.7. The monoisotopic (exact) mass is 347 g/mol. The summed E-state index contributed by atoms with van der Waals surface area (Å²) in [6, 6.07) is 5.89. The van der Waals surface area contributed by atoms with Crippen molar-refractivity contribution in [2.24, 2.45) is 7.05 Å². The third kappa shape index (κ3) is 4.28. The van der Waals surface area contributed by atoms with Crippen molar-refractivity contribution < 1.29 is 24.2 Å². The van der Waals surface area contributed by atoms with Gasteiger partial charge in [-0.2, -0.15) is 5.10 Å². The van der Waals surface area contributed by atoms with Crippen LogP contribution in [0.25, 0.3) is 0 Å². The lowest BCUT2D eigenvalue weighted by Crippen LogP contribution is -2.31. The van der Waals surface area contributed by atoms with Crippen LogP contribution in [0.4, 0.5) is 0 Å². The number of nitrogens with zero attached hydrogens (tertiary/aromatic N) is 2. The Morgan fingerprint density at radius 2 is 2.00 bits per heavy atom. The van der Waals surface area contributed by atoms with Gasteiger partial charge in [-0.05, 0) is 25.1 Å². The lowest BCUT2D eigenvalue weighted by molar-refractivity contribution is -0.137. The molecule has 2 rings (SSSR count). The van der Waals surface area contributed by atoms with E-state index in [1.165, 1.54) is 18.9 Å². The molecule has 25 heavy (non-hydrogen) atoms. The predicted molar refractivity (Wildman–Crippen MR) is 90.0 cm³/mol. The molecular weight excluding hydrogens is 326 g/mol. The van der Waals surface area contributed by atoms with E-state index >= 15 is 0 Å². The second-order valence-electron chi connectivity index (χ2n) is 5.53. The van der Waals surface area contributed by atoms with Gasteiger partial charge in [-0.1, -0.05) is 0 Å². The van der Waals surface area contributed by atoms with E-state index in [0.29, 0.717) is 28.5 Å². The Labute approximate surface area is 145 Å². The van der Waals surface area contributed by atoms with Crippen LogP contribution >= 0.6 is 0 Å². The largest absolute Gasteiger partial charge is 0.497 e. The smallest absolute Gasteiger partial charge is 0.305 e. The maximum absolute atomic E-state index is 12.5. The van der Waals surface area contributed by atoms with Gasteiger partial charge in [0.1, 0.15) is 17.2 Å². The zero-order valence-electron chi connectivity index (χ0n) is 14.6. The zero-order valence-corrected chi connectivity index (χ0v) is 14.6. The molecule has 0 radical (unpaired) electrons. The van der Waals surface area contributed by atoms with Crippen molar-refractivity contribution in [1.29, 1.82) is 0 Å². The molecule has 0 spiro atoms. The van der Waals surface area contributed by atoms with E-state index in [-0.39, 0.29) is 6.42 Å². The SMILES string of the molecule is COc1ccc(C(CC(=O)O)NC(=O)c2cc(C)nn2C)c(OC)c1. The molecule has 0 aliphatic rings. The Kier molecular flexibility index (Phi) is 5.63. The van der Waals surface area contributed by atoms with Gasteiger partial charge in [0.25, 0.3) is 5.91 Å². The topological polar surface area (TPSA) is 103 Å². The minimum Gasteiger partial charge on any atom is -0.497 e. The van der Waals surface area contributed by atoms with E-state index < -0.39 is 17.9 Å². The number of rotatable bonds is 7. The van der Waals surface area contributed by atoms with Gasteiger partial charge in [0.15, 0.2) is 0 Å². The first-order valence-corrected chi connectivity index (χ1v) is 7.61. The lowest BCUT2D eigenvalue weighted by Gasteiger charge is -2.20. The first-order chi connectivity index (χ1) is 11.8. The number of aliphatic carboxylic acids is 1. The van der Waals surface area contributed by atoms with Gasteiger partial charge in [0.2, 0.25) is 0 Å². The summed E-state index contributed by atoms with van der Waals surface area (Å²) in [5.74, 6) is -0.438. The molecule has 1 aromatic heterocycles. The molecule has 0 bridgehead atoms. The van der Waals surface area contributed by atoms with Crippen molar-refractivity contribution in [2.75, 3.05) is 14.2 Å². The molecule has 0 aliphatic heterocycles. The van der Waals surface area contributed by atoms with E-state index in [1.54, 1.807) is 38.2 Å². The standard InChI is InChI=1S/C17H21N3O5/c1-10-7-14(20(2)19-10)17(23)18-13(9-16(21)22)12-6-5-11(24-3)8-15(12)25-4/h5-8,13H,9H2,1-4H3,(H,18,23)(H,21,22). The molecule has 2 N–H and O–H groups in total. The van der Waals surface area contributed by atoms with Crippen LogP contribution in [-0.4, -0.2) is 41.0 Å². The van der Waals surface area contributed by atoms with Crippen molar-refractivity contribution in [3.05, 3.63) is 41.2 Å². The number of carboxylic acids is 1. The highest BCUT2D eigenvalue weighted by molar-refractivity contribution is 5.93. The highest BCUT2D eigenvalue weighted by Gasteiger charge is 2.24. The summed E-state index contributed by atoms with van der Waals surface area (Å²) in [7, 11) is 4.65. The van der Waals surface area contributed by atoms with Crippen LogP contribution < -0.4 is 14.8 Å². The van der Waals surface area contributed by atoms with Gasteiger partial charge < -0.3 is 19.9 Å². The Balaban J connectivity index is 2.35. The summed E-state index contributed by atoms with van der Waals surface area (Å²) >= 11 is 0. The fraction of sp³-hybridized carbons (Fsp3) is 0.353. The zero-order chi connectivity index (χ0) is 18.6. The van der Waals surface area contributed by atoms with Gasteiger partial charge in [-0.15, -0.1) is 0 Å². The van der Waals surface area contributed by atoms with E-state index in [2.05, 4.69) is 10.4 Å². The molecule has 1 aromatic carbocycles. The highest BCUT2D eigenvalue weighted by Crippen LogP contribution is 2.31. The molecule has 0 fully saturated rings. The summed E-state index contributed by atoms with van der Waals surface area (Å²) in [5, 5.41) is 16.1. The molecule has 0 saturated carbocycles. The molecule has 1 amide bonds. The van der Waals surface area contributed by atoms with Crippen LogP contribution in [-0.2, 0) is 11.8 Å². The van der Waals surface area contributed by atoms with Crippen molar-refractivity contribution in [3.63, 3.8) is 0 Å². The number of ether oxygens (including phenoxy) is 2. The highest BCUT2D eigenvalue weighted by atomic mass is 16.5. The second-order valence-corrected chi connectivity index (χ2v) is 5.53. The Morgan fingerprint density at radius 1 is 1.28 bits per heavy atom. The summed E-state index contributed by atoms with van der Waals surface area (Å²) in [4.78, 5) is 23.8. The maximum Gasteiger partial charge on any atom is 0.305 e. The van der Waals surface area contributed by atoms with Crippen LogP contribution in [0, 0.1) is 6.92 Å². The quantitative estimate of drug-likeness (QED) is 0.790. The Bertz CT molecular complexity index is 785. The number of aromatic nitrogens is 2. The number of hydrogen-bond donors (Lipinski definition) is 2. The first-order valence-electron chi connectivity index (χ1n) is 7.61. The van der Waals surface area contributed by atoms with Crippen molar-refractivity contribution in [1.82, 2.24) is 15.1 Å². The number of carbonyl (C=O) groups is 2. The molecular formula is C17H21N3O5. The van der Waals surface area contributed by atoms with Crippen LogP contribution in [0.1, 0.15) is 34.2 Å². The summed E-state index contributed by atoms with van der Waals surface area (Å²) in [6.07, 6.45) is -0.286. The second kappa shape index (κ2) is 7.69. The molecule has 0 saturated heterocycles. The predicted octanol–water partition coefficient (Wildman–Crippen LogP) is 1.69. The third-order valence-electron chi connectivity index (χ3n) is 3.73. The van der Waals surface area contributed by atoms with E-state index in [1.807, 2.05) is 0 Å². The fourth-order valence-electron chi connectivity index (χ4n) is 2.57. The average Bonchev–Trinajstić information content (AvgIpc) is 2.91. The number of carbonyl (C=O) groups excluding carboxylic acids is 1. The number of aryl methyl sites for hydroxylation is 2. The van der Waals surface area contributed by atoms with E-state index in [9.17, 15) is 14.7 Å².